The molecule has 2 aromatic rings. The number of benzene rings is 2. The Bertz CT molecular complexity index is 879. The Hall–Kier alpha value is -3.42. The van der Waals surface area contributed by atoms with Crippen LogP contribution in [0.4, 0.5) is 14.5 Å². The molecule has 2 aromatic carbocycles. The van der Waals surface area contributed by atoms with E-state index in [9.17, 15) is 18.4 Å². The van der Waals surface area contributed by atoms with Crippen molar-refractivity contribution >= 4 is 23.6 Å². The number of hydrogen-bond acceptors (Lipinski definition) is 4. The molecule has 1 aliphatic heterocycles. The summed E-state index contributed by atoms with van der Waals surface area (Å²) in [7, 11) is 1.54. The van der Waals surface area contributed by atoms with Gasteiger partial charge in [-0.25, -0.2) is 0 Å². The fraction of sp³-hybridized carbons (Fsp3) is 0.111. The van der Waals surface area contributed by atoms with Gasteiger partial charge in [0.05, 0.1) is 0 Å². The van der Waals surface area contributed by atoms with Crippen molar-refractivity contribution in [1.82, 2.24) is 5.32 Å². The van der Waals surface area contributed by atoms with Crippen molar-refractivity contribution in [2.24, 2.45) is 0 Å². The number of hydrogen-bond donors (Lipinski definition) is 2. The number of fused-ring (bicyclic) bond motifs is 1. The second-order valence-corrected chi connectivity index (χ2v) is 5.35. The first-order valence-corrected chi connectivity index (χ1v) is 7.57. The summed E-state index contributed by atoms with van der Waals surface area (Å²) >= 11 is 0. The third-order valence-electron chi connectivity index (χ3n) is 3.50. The maximum Gasteiger partial charge on any atom is 0.586 e. The van der Waals surface area contributed by atoms with Crippen LogP contribution in [0.3, 0.4) is 0 Å². The zero-order valence-corrected chi connectivity index (χ0v) is 13.6. The molecule has 0 aromatic heterocycles. The lowest BCUT2D eigenvalue weighted by molar-refractivity contribution is -0.286. The van der Waals surface area contributed by atoms with Gasteiger partial charge in [0.1, 0.15) is 0 Å². The van der Waals surface area contributed by atoms with E-state index in [1.165, 1.54) is 31.3 Å². The average Bonchev–Trinajstić information content (AvgIpc) is 2.92. The van der Waals surface area contributed by atoms with Crippen molar-refractivity contribution in [3.8, 4) is 11.5 Å². The molecule has 0 fully saturated rings. The van der Waals surface area contributed by atoms with Gasteiger partial charge in [-0.05, 0) is 35.9 Å². The lowest BCUT2D eigenvalue weighted by Gasteiger charge is -2.04. The molecule has 0 unspecified atom stereocenters. The minimum Gasteiger partial charge on any atom is -0.395 e. The molecular weight excluding hydrogens is 346 g/mol. The molecule has 1 aliphatic rings. The van der Waals surface area contributed by atoms with E-state index in [2.05, 4.69) is 20.1 Å². The highest BCUT2D eigenvalue weighted by molar-refractivity contribution is 6.02. The number of ether oxygens (including phenoxy) is 2. The molecule has 0 aliphatic carbocycles. The van der Waals surface area contributed by atoms with Gasteiger partial charge in [-0.3, -0.25) is 9.59 Å². The van der Waals surface area contributed by atoms with Gasteiger partial charge >= 0.3 is 6.29 Å². The monoisotopic (exact) mass is 360 g/mol. The van der Waals surface area contributed by atoms with E-state index in [-0.39, 0.29) is 23.1 Å². The van der Waals surface area contributed by atoms with Gasteiger partial charge < -0.3 is 20.1 Å². The number of carbonyl (C=O) groups excluding carboxylic acids is 2. The van der Waals surface area contributed by atoms with Crippen LogP contribution in [-0.2, 0) is 4.79 Å². The lowest BCUT2D eigenvalue weighted by atomic mass is 10.1. The highest BCUT2D eigenvalue weighted by atomic mass is 19.3. The summed E-state index contributed by atoms with van der Waals surface area (Å²) in [6.45, 7) is 0. The number of carbonyl (C=O) groups is 2. The largest absolute Gasteiger partial charge is 0.586 e. The summed E-state index contributed by atoms with van der Waals surface area (Å²) in [6.07, 6.45) is -0.857. The number of amides is 2. The van der Waals surface area contributed by atoms with Crippen molar-refractivity contribution in [2.75, 3.05) is 12.4 Å². The Labute approximate surface area is 147 Å². The minimum absolute atomic E-state index is 0.0975. The molecule has 26 heavy (non-hydrogen) atoms. The van der Waals surface area contributed by atoms with Crippen molar-refractivity contribution in [3.63, 3.8) is 0 Å². The van der Waals surface area contributed by atoms with Gasteiger partial charge in [0.15, 0.2) is 11.5 Å². The van der Waals surface area contributed by atoms with Gasteiger partial charge in [-0.15, -0.1) is 8.78 Å². The Kier molecular flexibility index (Phi) is 4.57. The normalized spacial score (nSPS) is 14.3. The van der Waals surface area contributed by atoms with Crippen molar-refractivity contribution in [1.29, 1.82) is 0 Å². The van der Waals surface area contributed by atoms with Crippen LogP contribution in [0.1, 0.15) is 15.9 Å². The number of nitrogens with one attached hydrogen (secondary N) is 2. The Morgan fingerprint density at radius 2 is 1.73 bits per heavy atom. The molecule has 0 radical (unpaired) electrons. The molecule has 2 N–H and O–H groups in total. The fourth-order valence-corrected chi connectivity index (χ4v) is 2.27. The smallest absolute Gasteiger partial charge is 0.395 e. The number of alkyl halides is 2. The summed E-state index contributed by atoms with van der Waals surface area (Å²) in [5.74, 6) is -0.904. The highest BCUT2D eigenvalue weighted by Gasteiger charge is 2.43. The predicted molar refractivity (Wildman–Crippen MR) is 90.1 cm³/mol. The summed E-state index contributed by atoms with van der Waals surface area (Å²) in [6, 6.07) is 10.6. The van der Waals surface area contributed by atoms with E-state index in [0.29, 0.717) is 5.56 Å². The van der Waals surface area contributed by atoms with Crippen LogP contribution >= 0.6 is 0 Å². The van der Waals surface area contributed by atoms with Gasteiger partial charge in [0.25, 0.3) is 5.91 Å². The zero-order valence-electron chi connectivity index (χ0n) is 13.6. The van der Waals surface area contributed by atoms with Crippen LogP contribution in [0.25, 0.3) is 6.08 Å². The second kappa shape index (κ2) is 6.83. The molecule has 0 saturated carbocycles. The average molecular weight is 360 g/mol. The Morgan fingerprint density at radius 3 is 2.42 bits per heavy atom. The SMILES string of the molecule is CNC(=O)c1ccc(/C=C/C(=O)Nc2ccc3c(c2)OC(F)(F)O3)cc1. The molecule has 6 nitrogen and oxygen atoms in total. The molecule has 0 spiro atoms. The molecule has 2 amide bonds. The second-order valence-electron chi connectivity index (χ2n) is 5.35. The van der Waals surface area contributed by atoms with E-state index in [1.807, 2.05) is 0 Å². The van der Waals surface area contributed by atoms with Crippen LogP contribution in [0.5, 0.6) is 11.5 Å². The first-order chi connectivity index (χ1) is 12.4. The van der Waals surface area contributed by atoms with Crippen molar-refractivity contribution < 1.29 is 27.8 Å². The highest BCUT2D eigenvalue weighted by Crippen LogP contribution is 2.42. The quantitative estimate of drug-likeness (QED) is 0.822. The van der Waals surface area contributed by atoms with Crippen LogP contribution in [0.2, 0.25) is 0 Å². The molecular formula is C18H14F2N2O4. The number of rotatable bonds is 4. The van der Waals surface area contributed by atoms with E-state index in [4.69, 9.17) is 0 Å². The zero-order chi connectivity index (χ0) is 18.7. The first kappa shape index (κ1) is 17.4. The van der Waals surface area contributed by atoms with Crippen LogP contribution < -0.4 is 20.1 Å². The maximum atomic E-state index is 13.0. The molecule has 1 heterocycles. The molecule has 8 heteroatoms. The molecule has 0 saturated heterocycles. The predicted octanol–water partition coefficient (Wildman–Crippen LogP) is 3.02. The summed E-state index contributed by atoms with van der Waals surface area (Å²) in [5.41, 5.74) is 1.51. The Morgan fingerprint density at radius 1 is 1.04 bits per heavy atom. The topological polar surface area (TPSA) is 76.7 Å². The van der Waals surface area contributed by atoms with Crippen molar-refractivity contribution in [2.45, 2.75) is 6.29 Å². The molecule has 0 bridgehead atoms. The van der Waals surface area contributed by atoms with E-state index >= 15 is 0 Å². The van der Waals surface area contributed by atoms with Gasteiger partial charge in [0.2, 0.25) is 5.91 Å². The van der Waals surface area contributed by atoms with E-state index in [0.717, 1.165) is 5.56 Å². The fourth-order valence-electron chi connectivity index (χ4n) is 2.27. The maximum absolute atomic E-state index is 13.0. The van der Waals surface area contributed by atoms with Crippen molar-refractivity contribution in [3.05, 3.63) is 59.7 Å². The van der Waals surface area contributed by atoms with Gasteiger partial charge in [-0.1, -0.05) is 12.1 Å². The third-order valence-corrected chi connectivity index (χ3v) is 3.50. The van der Waals surface area contributed by atoms with Crippen LogP contribution in [-0.4, -0.2) is 25.2 Å². The van der Waals surface area contributed by atoms with Gasteiger partial charge in [-0.2, -0.15) is 0 Å². The summed E-state index contributed by atoms with van der Waals surface area (Å²) < 4.78 is 34.6. The summed E-state index contributed by atoms with van der Waals surface area (Å²) in [5, 5.41) is 5.05. The Balaban J connectivity index is 1.63. The standard InChI is InChI=1S/C18H14F2N2O4/c1-21-17(24)12-5-2-11(3-6-12)4-9-16(23)22-13-7-8-14-15(10-13)26-18(19,20)25-14/h2-10H,1H3,(H,21,24)(H,22,23)/b9-4+. The number of anilines is 1. The van der Waals surface area contributed by atoms with E-state index in [1.54, 1.807) is 30.3 Å². The van der Waals surface area contributed by atoms with Crippen LogP contribution in [0, 0.1) is 0 Å². The van der Waals surface area contributed by atoms with E-state index < -0.39 is 12.2 Å². The van der Waals surface area contributed by atoms with Gasteiger partial charge in [0, 0.05) is 30.4 Å². The first-order valence-electron chi connectivity index (χ1n) is 7.57. The summed E-state index contributed by atoms with van der Waals surface area (Å²) in [4.78, 5) is 23.4. The molecule has 3 rings (SSSR count). The molecule has 134 valence electrons. The lowest BCUT2D eigenvalue weighted by Crippen LogP contribution is -2.25. The molecule has 0 atom stereocenters. The number of halogens is 2. The van der Waals surface area contributed by atoms with Crippen LogP contribution in [0.15, 0.2) is 48.5 Å². The minimum atomic E-state index is -3.70. The third kappa shape index (κ3) is 3.97.